The van der Waals surface area contributed by atoms with Gasteiger partial charge in [0.2, 0.25) is 0 Å². The molecule has 0 saturated heterocycles. The second kappa shape index (κ2) is 15.2. The molecule has 0 aliphatic rings. The Morgan fingerprint density at radius 1 is 0.355 bits per heavy atom. The number of benzene rings is 10. The molecule has 11 aromatic rings. The second-order valence-electron chi connectivity index (χ2n) is 16.6. The maximum Gasteiger partial charge on any atom is 0.143 e. The number of fused-ring (bicyclic) bond motifs is 6. The van der Waals surface area contributed by atoms with E-state index in [4.69, 9.17) is 4.42 Å². The molecule has 11 rings (SSSR count). The van der Waals surface area contributed by atoms with Crippen molar-refractivity contribution in [2.75, 3.05) is 4.90 Å². The van der Waals surface area contributed by atoms with Crippen molar-refractivity contribution in [3.8, 4) is 44.5 Å². The molecular formula is C56H41B4NO. The summed E-state index contributed by atoms with van der Waals surface area (Å²) in [6.45, 7) is 0. The zero-order valence-corrected chi connectivity index (χ0v) is 35.4. The lowest BCUT2D eigenvalue weighted by Crippen LogP contribution is -2.46. The average molecular weight is 787 g/mol. The van der Waals surface area contributed by atoms with Crippen molar-refractivity contribution in [2.45, 2.75) is 0 Å². The summed E-state index contributed by atoms with van der Waals surface area (Å²) in [5.41, 5.74) is 20.1. The molecule has 0 aliphatic carbocycles. The van der Waals surface area contributed by atoms with E-state index in [1.165, 1.54) is 77.1 Å². The van der Waals surface area contributed by atoms with Crippen LogP contribution in [0.15, 0.2) is 205 Å². The van der Waals surface area contributed by atoms with Gasteiger partial charge in [0, 0.05) is 33.2 Å². The fourth-order valence-corrected chi connectivity index (χ4v) is 9.68. The molecule has 0 unspecified atom stereocenters. The quantitative estimate of drug-likeness (QED) is 0.150. The van der Waals surface area contributed by atoms with Gasteiger partial charge in [0.25, 0.3) is 0 Å². The first-order valence-electron chi connectivity index (χ1n) is 21.5. The van der Waals surface area contributed by atoms with E-state index in [0.717, 1.165) is 49.8 Å². The molecule has 62 heavy (non-hydrogen) atoms. The molecule has 0 saturated carbocycles. The lowest BCUT2D eigenvalue weighted by atomic mass is 9.64. The molecule has 0 N–H and O–H groups in total. The molecule has 0 amide bonds. The van der Waals surface area contributed by atoms with Crippen LogP contribution in [0.4, 0.5) is 17.1 Å². The highest BCUT2D eigenvalue weighted by Gasteiger charge is 2.23. The lowest BCUT2D eigenvalue weighted by Gasteiger charge is -2.32. The van der Waals surface area contributed by atoms with Crippen LogP contribution < -0.4 is 26.8 Å². The van der Waals surface area contributed by atoms with Crippen LogP contribution in [-0.2, 0) is 0 Å². The van der Waals surface area contributed by atoms with E-state index in [9.17, 15) is 0 Å². The van der Waals surface area contributed by atoms with Gasteiger partial charge in [-0.1, -0.05) is 180 Å². The molecule has 6 heteroatoms. The average Bonchev–Trinajstić information content (AvgIpc) is 3.73. The number of rotatable bonds is 7. The van der Waals surface area contributed by atoms with Gasteiger partial charge in [-0.15, -0.1) is 0 Å². The third-order valence-electron chi connectivity index (χ3n) is 13.1. The third kappa shape index (κ3) is 6.34. The van der Waals surface area contributed by atoms with E-state index in [1.807, 2.05) is 0 Å². The molecule has 0 aliphatic heterocycles. The molecule has 288 valence electrons. The maximum atomic E-state index is 6.58. The summed E-state index contributed by atoms with van der Waals surface area (Å²) in [7, 11) is 9.15. The molecular weight excluding hydrogens is 746 g/mol. The summed E-state index contributed by atoms with van der Waals surface area (Å²) in [5, 5.41) is 7.10. The smallest absolute Gasteiger partial charge is 0.143 e. The first-order chi connectivity index (χ1) is 30.4. The SMILES string of the molecule is Bc1c(B)c(N(c2ccc(-c3ccc4ccccc4c3)cc2)c2ccc(-c3cccc4oc5c6ccccc6ccc5c34)cc2)c(B)c(B)c1-c1ccc(-c2ccccc2)cc1. The normalized spacial score (nSPS) is 11.5. The summed E-state index contributed by atoms with van der Waals surface area (Å²) in [5.74, 6) is 0. The maximum absolute atomic E-state index is 6.58. The zero-order valence-electron chi connectivity index (χ0n) is 35.4. The monoisotopic (exact) mass is 787 g/mol. The molecule has 0 radical (unpaired) electrons. The topological polar surface area (TPSA) is 16.4 Å². The summed E-state index contributed by atoms with van der Waals surface area (Å²) in [6, 6.07) is 72.5. The summed E-state index contributed by atoms with van der Waals surface area (Å²) >= 11 is 0. The minimum atomic E-state index is 0.901. The van der Waals surface area contributed by atoms with Gasteiger partial charge in [0.1, 0.15) is 42.6 Å². The van der Waals surface area contributed by atoms with Crippen LogP contribution in [0.2, 0.25) is 0 Å². The minimum absolute atomic E-state index is 0.901. The van der Waals surface area contributed by atoms with E-state index in [-0.39, 0.29) is 0 Å². The molecule has 0 spiro atoms. The highest BCUT2D eigenvalue weighted by atomic mass is 16.3. The van der Waals surface area contributed by atoms with Gasteiger partial charge in [0.15, 0.2) is 0 Å². The van der Waals surface area contributed by atoms with E-state index < -0.39 is 0 Å². The summed E-state index contributed by atoms with van der Waals surface area (Å²) in [6.07, 6.45) is 0. The second-order valence-corrected chi connectivity index (χ2v) is 16.6. The fraction of sp³-hybridized carbons (Fsp3) is 0. The standard InChI is InChI=1S/C56H41B4NO/c57-51-49(40-20-17-36(18-21-40)34-9-2-1-3-10-34)52(58)54(60)55(53(51)59)61(43-28-23-37(24-29-43)42-22-19-35-11-4-5-13-41(35)33-42)44-30-25-39(26-31-44)45-15-8-16-48-50(45)47-32-27-38-12-6-7-14-46(38)56(47)62-48/h1-33H,57-60H2. The largest absolute Gasteiger partial charge is 0.455 e. The van der Waals surface area contributed by atoms with Crippen LogP contribution in [0.5, 0.6) is 0 Å². The van der Waals surface area contributed by atoms with Crippen molar-refractivity contribution in [2.24, 2.45) is 0 Å². The molecule has 2 nitrogen and oxygen atoms in total. The highest BCUT2D eigenvalue weighted by Crippen LogP contribution is 2.41. The number of hydrogen-bond donors (Lipinski definition) is 0. The molecule has 1 aromatic heterocycles. The Kier molecular flexibility index (Phi) is 9.24. The first kappa shape index (κ1) is 37.6. The summed E-state index contributed by atoms with van der Waals surface area (Å²) in [4.78, 5) is 2.46. The van der Waals surface area contributed by atoms with Crippen LogP contribution in [-0.4, -0.2) is 31.4 Å². The van der Waals surface area contributed by atoms with Crippen molar-refractivity contribution < 1.29 is 4.42 Å². The Hall–Kier alpha value is -7.42. The van der Waals surface area contributed by atoms with Crippen molar-refractivity contribution in [1.29, 1.82) is 0 Å². The van der Waals surface area contributed by atoms with Crippen LogP contribution in [0.25, 0.3) is 88.0 Å². The van der Waals surface area contributed by atoms with E-state index in [0.29, 0.717) is 0 Å². The lowest BCUT2D eigenvalue weighted by molar-refractivity contribution is 0.673. The van der Waals surface area contributed by atoms with Gasteiger partial charge in [-0.05, 0) is 103 Å². The molecule has 0 bridgehead atoms. The van der Waals surface area contributed by atoms with Crippen molar-refractivity contribution in [1.82, 2.24) is 0 Å². The molecule has 10 aromatic carbocycles. The van der Waals surface area contributed by atoms with Gasteiger partial charge in [-0.25, -0.2) is 0 Å². The van der Waals surface area contributed by atoms with Crippen LogP contribution in [0.1, 0.15) is 0 Å². The van der Waals surface area contributed by atoms with Crippen LogP contribution in [0, 0.1) is 0 Å². The third-order valence-corrected chi connectivity index (χ3v) is 13.1. The predicted octanol–water partition coefficient (Wildman–Crippen LogP) is 9.06. The number of hydrogen-bond acceptors (Lipinski definition) is 2. The Bertz CT molecular complexity index is 3460. The number of furan rings is 1. The molecule has 1 heterocycles. The van der Waals surface area contributed by atoms with Gasteiger partial charge < -0.3 is 9.32 Å². The first-order valence-corrected chi connectivity index (χ1v) is 21.5. The van der Waals surface area contributed by atoms with Crippen molar-refractivity contribution in [3.63, 3.8) is 0 Å². The van der Waals surface area contributed by atoms with Crippen LogP contribution in [0.3, 0.4) is 0 Å². The minimum Gasteiger partial charge on any atom is -0.455 e. The number of anilines is 3. The molecule has 0 fully saturated rings. The Labute approximate surface area is 366 Å². The van der Waals surface area contributed by atoms with Gasteiger partial charge >= 0.3 is 0 Å². The molecule has 0 atom stereocenters. The van der Waals surface area contributed by atoms with Gasteiger partial charge in [-0.2, -0.15) is 0 Å². The van der Waals surface area contributed by atoms with E-state index in [2.05, 4.69) is 236 Å². The Morgan fingerprint density at radius 2 is 0.887 bits per heavy atom. The predicted molar refractivity (Wildman–Crippen MR) is 278 cm³/mol. The van der Waals surface area contributed by atoms with Crippen molar-refractivity contribution >= 4 is 114 Å². The van der Waals surface area contributed by atoms with Gasteiger partial charge in [-0.3, -0.25) is 0 Å². The Morgan fingerprint density at radius 3 is 1.60 bits per heavy atom. The highest BCUT2D eigenvalue weighted by molar-refractivity contribution is 6.63. The zero-order chi connectivity index (χ0) is 41.9. The Balaban J connectivity index is 1.03. The van der Waals surface area contributed by atoms with Gasteiger partial charge in [0.05, 0.1) is 0 Å². The van der Waals surface area contributed by atoms with Crippen molar-refractivity contribution in [3.05, 3.63) is 200 Å². The summed E-state index contributed by atoms with van der Waals surface area (Å²) < 4.78 is 6.58. The number of nitrogens with zero attached hydrogens (tertiary/aromatic N) is 1. The fourth-order valence-electron chi connectivity index (χ4n) is 9.68. The van der Waals surface area contributed by atoms with E-state index in [1.54, 1.807) is 0 Å². The van der Waals surface area contributed by atoms with Crippen LogP contribution >= 0.6 is 0 Å². The van der Waals surface area contributed by atoms with E-state index >= 15 is 0 Å².